The van der Waals surface area contributed by atoms with E-state index in [2.05, 4.69) is 10.3 Å². The summed E-state index contributed by atoms with van der Waals surface area (Å²) in [6.07, 6.45) is 6.21. The molecule has 0 atom stereocenters. The van der Waals surface area contributed by atoms with Gasteiger partial charge in [0, 0.05) is 24.5 Å². The molecule has 0 aliphatic carbocycles. The first kappa shape index (κ1) is 7.53. The maximum absolute atomic E-state index is 10.2. The second-order valence-electron chi connectivity index (χ2n) is 1.97. The highest BCUT2D eigenvalue weighted by Gasteiger charge is 1.97. The van der Waals surface area contributed by atoms with Gasteiger partial charge in [0.05, 0.1) is 0 Å². The minimum Gasteiger partial charge on any atom is -0.465 e. The Morgan fingerprint density at radius 3 is 3.27 bits per heavy atom. The Morgan fingerprint density at radius 1 is 1.73 bits per heavy atom. The van der Waals surface area contributed by atoms with Crippen LogP contribution in [0, 0.1) is 0 Å². The van der Waals surface area contributed by atoms with Crippen LogP contribution in [-0.4, -0.2) is 17.4 Å². The zero-order valence-corrected chi connectivity index (χ0v) is 5.82. The van der Waals surface area contributed by atoms with Gasteiger partial charge >= 0.3 is 6.09 Å². The highest BCUT2D eigenvalue weighted by molar-refractivity contribution is 5.69. The summed E-state index contributed by atoms with van der Waals surface area (Å²) in [5.41, 5.74) is 0.565. The maximum Gasteiger partial charge on any atom is 0.409 e. The Balaban J connectivity index is 2.58. The zero-order chi connectivity index (χ0) is 8.10. The predicted octanol–water partition coefficient (Wildman–Crippen LogP) is 1.13. The molecule has 1 heterocycles. The summed E-state index contributed by atoms with van der Waals surface area (Å²) in [7, 11) is 0. The van der Waals surface area contributed by atoms with Crippen molar-refractivity contribution in [2.75, 3.05) is 0 Å². The smallest absolute Gasteiger partial charge is 0.409 e. The van der Waals surface area contributed by atoms with Crippen LogP contribution in [0.2, 0.25) is 0 Å². The maximum atomic E-state index is 10.2. The van der Waals surface area contributed by atoms with Crippen molar-refractivity contribution >= 4 is 12.3 Å². The number of amides is 1. The van der Waals surface area contributed by atoms with Crippen LogP contribution in [0.5, 0.6) is 0 Å². The van der Waals surface area contributed by atoms with Crippen molar-refractivity contribution < 1.29 is 9.90 Å². The first-order chi connectivity index (χ1) is 5.29. The molecule has 0 saturated heterocycles. The van der Waals surface area contributed by atoms with Crippen LogP contribution in [0.3, 0.4) is 0 Å². The average Bonchev–Trinajstić information content (AvgIpc) is 2.14. The molecule has 0 unspecified atom stereocenters. The molecule has 0 bridgehead atoms. The van der Waals surface area contributed by atoms with Crippen LogP contribution in [0.1, 0.15) is 6.42 Å². The molecule has 0 aromatic carbocycles. The molecular formula is C7H8N2O2. The molecule has 1 aliphatic rings. The van der Waals surface area contributed by atoms with Gasteiger partial charge in [-0.05, 0) is 6.08 Å². The van der Waals surface area contributed by atoms with Crippen molar-refractivity contribution in [2.45, 2.75) is 6.42 Å². The standard InChI is InChI=1S/C7H8N2O2/c10-7(11)9-6-2-1-4-8-5-3-6/h2-5,9H,1H2,(H,10,11). The third-order valence-corrected chi connectivity index (χ3v) is 1.14. The minimum absolute atomic E-state index is 0.565. The number of hydrogen-bond acceptors (Lipinski definition) is 2. The first-order valence-corrected chi connectivity index (χ1v) is 3.17. The van der Waals surface area contributed by atoms with Crippen molar-refractivity contribution in [2.24, 2.45) is 4.99 Å². The van der Waals surface area contributed by atoms with Crippen LogP contribution in [0.4, 0.5) is 4.79 Å². The number of carbonyl (C=O) groups is 1. The molecule has 1 aliphatic heterocycles. The van der Waals surface area contributed by atoms with E-state index in [1.165, 1.54) is 0 Å². The van der Waals surface area contributed by atoms with E-state index >= 15 is 0 Å². The Bertz CT molecular complexity index is 241. The van der Waals surface area contributed by atoms with E-state index in [1.54, 1.807) is 24.6 Å². The van der Waals surface area contributed by atoms with Crippen molar-refractivity contribution in [1.82, 2.24) is 5.32 Å². The van der Waals surface area contributed by atoms with Crippen LogP contribution in [0.15, 0.2) is 29.0 Å². The van der Waals surface area contributed by atoms with E-state index in [0.29, 0.717) is 12.1 Å². The molecule has 0 fully saturated rings. The third kappa shape index (κ3) is 2.66. The number of nitrogens with zero attached hydrogens (tertiary/aromatic N) is 1. The Hall–Kier alpha value is -1.58. The van der Waals surface area contributed by atoms with E-state index in [1.807, 2.05) is 0 Å². The van der Waals surface area contributed by atoms with Gasteiger partial charge in [-0.15, -0.1) is 0 Å². The van der Waals surface area contributed by atoms with Crippen LogP contribution in [-0.2, 0) is 0 Å². The van der Waals surface area contributed by atoms with Gasteiger partial charge in [0.15, 0.2) is 0 Å². The highest BCUT2D eigenvalue weighted by Crippen LogP contribution is 1.97. The quantitative estimate of drug-likeness (QED) is 0.591. The lowest BCUT2D eigenvalue weighted by Gasteiger charge is -1.97. The van der Waals surface area contributed by atoms with Gasteiger partial charge in [-0.25, -0.2) is 4.79 Å². The summed E-state index contributed by atoms with van der Waals surface area (Å²) in [5.74, 6) is 0. The number of nitrogens with one attached hydrogen (secondary N) is 1. The van der Waals surface area contributed by atoms with Gasteiger partial charge < -0.3 is 5.11 Å². The monoisotopic (exact) mass is 152 g/mol. The Labute approximate surface area is 63.9 Å². The van der Waals surface area contributed by atoms with E-state index in [-0.39, 0.29) is 0 Å². The summed E-state index contributed by atoms with van der Waals surface area (Å²) < 4.78 is 0. The van der Waals surface area contributed by atoms with Gasteiger partial charge in [-0.1, -0.05) is 6.08 Å². The van der Waals surface area contributed by atoms with Gasteiger partial charge in [-0.3, -0.25) is 10.3 Å². The lowest BCUT2D eigenvalue weighted by Crippen LogP contribution is -2.18. The van der Waals surface area contributed by atoms with Crippen molar-refractivity contribution in [3.63, 3.8) is 0 Å². The van der Waals surface area contributed by atoms with Crippen LogP contribution in [0.25, 0.3) is 0 Å². The summed E-state index contributed by atoms with van der Waals surface area (Å²) >= 11 is 0. The van der Waals surface area contributed by atoms with E-state index in [9.17, 15) is 4.79 Å². The minimum atomic E-state index is -1.05. The molecule has 11 heavy (non-hydrogen) atoms. The molecule has 58 valence electrons. The van der Waals surface area contributed by atoms with Gasteiger partial charge in [0.2, 0.25) is 0 Å². The van der Waals surface area contributed by atoms with Gasteiger partial charge in [-0.2, -0.15) is 0 Å². The SMILES string of the molecule is O=C(O)NC1=CCC=NC=C1. The Morgan fingerprint density at radius 2 is 2.55 bits per heavy atom. The molecule has 0 aromatic heterocycles. The third-order valence-electron chi connectivity index (χ3n) is 1.14. The second-order valence-corrected chi connectivity index (χ2v) is 1.97. The number of allylic oxidation sites excluding steroid dienone is 2. The van der Waals surface area contributed by atoms with Crippen LogP contribution >= 0.6 is 0 Å². The predicted molar refractivity (Wildman–Crippen MR) is 41.5 cm³/mol. The zero-order valence-electron chi connectivity index (χ0n) is 5.82. The van der Waals surface area contributed by atoms with Gasteiger partial charge in [0.25, 0.3) is 0 Å². The summed E-state index contributed by atoms with van der Waals surface area (Å²) in [6, 6.07) is 0. The summed E-state index contributed by atoms with van der Waals surface area (Å²) in [5, 5.41) is 10.6. The van der Waals surface area contributed by atoms with Crippen molar-refractivity contribution in [3.05, 3.63) is 24.0 Å². The largest absolute Gasteiger partial charge is 0.465 e. The normalized spacial score (nSPS) is 15.5. The van der Waals surface area contributed by atoms with Crippen molar-refractivity contribution in [3.8, 4) is 0 Å². The Kier molecular flexibility index (Phi) is 2.43. The molecule has 2 N–H and O–H groups in total. The fourth-order valence-corrected chi connectivity index (χ4v) is 0.709. The number of carboxylic acid groups (broad SMARTS) is 1. The number of rotatable bonds is 1. The molecule has 1 rings (SSSR count). The number of hydrogen-bond donors (Lipinski definition) is 2. The first-order valence-electron chi connectivity index (χ1n) is 3.17. The van der Waals surface area contributed by atoms with E-state index in [0.717, 1.165) is 0 Å². The fraction of sp³-hybridized carbons (Fsp3) is 0.143. The lowest BCUT2D eigenvalue weighted by molar-refractivity contribution is 0.198. The summed E-state index contributed by atoms with van der Waals surface area (Å²) in [6.45, 7) is 0. The molecule has 1 amide bonds. The van der Waals surface area contributed by atoms with Crippen LogP contribution < -0.4 is 5.32 Å². The topological polar surface area (TPSA) is 61.7 Å². The fourth-order valence-electron chi connectivity index (χ4n) is 0.709. The highest BCUT2D eigenvalue weighted by atomic mass is 16.4. The lowest BCUT2D eigenvalue weighted by atomic mass is 10.3. The molecule has 0 aromatic rings. The van der Waals surface area contributed by atoms with Crippen molar-refractivity contribution in [1.29, 1.82) is 0 Å². The average molecular weight is 152 g/mol. The van der Waals surface area contributed by atoms with E-state index < -0.39 is 6.09 Å². The molecule has 4 nitrogen and oxygen atoms in total. The van der Waals surface area contributed by atoms with Gasteiger partial charge in [0.1, 0.15) is 0 Å². The van der Waals surface area contributed by atoms with E-state index in [4.69, 9.17) is 5.11 Å². The second kappa shape index (κ2) is 3.55. The number of aliphatic imine (C=N–C) groups is 1. The molecule has 0 spiro atoms. The molecule has 0 saturated carbocycles. The molecule has 0 radical (unpaired) electrons. The molecule has 4 heteroatoms. The molecular weight excluding hydrogens is 144 g/mol. The summed E-state index contributed by atoms with van der Waals surface area (Å²) in [4.78, 5) is 14.0.